The predicted octanol–water partition coefficient (Wildman–Crippen LogP) is -3.51. The van der Waals surface area contributed by atoms with Crippen LogP contribution in [0.1, 0.15) is 21.0 Å². The predicted molar refractivity (Wildman–Crippen MR) is 74.3 cm³/mol. The summed E-state index contributed by atoms with van der Waals surface area (Å²) in [6, 6.07) is 6.30. The normalized spacial score (nSPS) is 10.6. The molecule has 1 aromatic carbocycles. The Bertz CT molecular complexity index is 904. The molecule has 2 aromatic rings. The third-order valence-electron chi connectivity index (χ3n) is 2.71. The fraction of sp³-hybridized carbons (Fsp3) is 0. The summed E-state index contributed by atoms with van der Waals surface area (Å²) in [6.07, 6.45) is 0. The molecular formula is C13H9FN3NaO5S. The van der Waals surface area contributed by atoms with Crippen LogP contribution >= 0.6 is 0 Å². The van der Waals surface area contributed by atoms with Gasteiger partial charge >= 0.3 is 29.6 Å². The molecule has 0 unspecified atom stereocenters. The second-order valence-electron chi connectivity index (χ2n) is 4.34. The number of benzene rings is 1. The second-order valence-corrected chi connectivity index (χ2v) is 5.90. The summed E-state index contributed by atoms with van der Waals surface area (Å²) in [6.45, 7) is 0. The van der Waals surface area contributed by atoms with Gasteiger partial charge in [0, 0.05) is 0 Å². The van der Waals surface area contributed by atoms with Crippen molar-refractivity contribution in [1.29, 1.82) is 0 Å². The van der Waals surface area contributed by atoms with E-state index in [1.54, 1.807) is 0 Å². The third kappa shape index (κ3) is 4.82. The number of nitrogens with zero attached hydrogens (tertiary/aromatic N) is 1. The molecule has 3 N–H and O–H groups in total. The Kier molecular flexibility index (Phi) is 6.58. The van der Waals surface area contributed by atoms with Crippen LogP contribution in [0.3, 0.4) is 0 Å². The number of carboxylic acid groups (broad SMARTS) is 1. The maximum absolute atomic E-state index is 13.8. The number of nitrogens with one attached hydrogen (secondary N) is 1. The fourth-order valence-corrected chi connectivity index (χ4v) is 2.16. The number of hydrogen-bond acceptors (Lipinski definition) is 6. The Morgan fingerprint density at radius 3 is 2.33 bits per heavy atom. The van der Waals surface area contributed by atoms with Gasteiger partial charge in [0.25, 0.3) is 5.91 Å². The monoisotopic (exact) mass is 361 g/mol. The number of aromatic nitrogens is 1. The van der Waals surface area contributed by atoms with E-state index in [0.717, 1.165) is 18.2 Å². The van der Waals surface area contributed by atoms with Crippen LogP contribution in [-0.2, 0) is 10.0 Å². The molecule has 0 saturated heterocycles. The number of carboxylic acids is 1. The molecule has 24 heavy (non-hydrogen) atoms. The van der Waals surface area contributed by atoms with Gasteiger partial charge in [0.2, 0.25) is 10.0 Å². The standard InChI is InChI=1S/C13H10FN3O5S.Na/c14-8-6-7(23(15,21)22)4-5-9(8)17-12(18)10-2-1-3-11(16-10)13(19)20;/h1-6H,(H,17,18)(H,19,20)(H2,15,21,22);/q;+1/p-1. The van der Waals surface area contributed by atoms with Gasteiger partial charge < -0.3 is 15.2 Å². The number of pyridine rings is 1. The van der Waals surface area contributed by atoms with Gasteiger partial charge in [0.05, 0.1) is 22.2 Å². The Labute approximate surface area is 158 Å². The van der Waals surface area contributed by atoms with Crippen LogP contribution in [0.15, 0.2) is 41.3 Å². The molecule has 0 radical (unpaired) electrons. The van der Waals surface area contributed by atoms with Crippen LogP contribution in [0.5, 0.6) is 0 Å². The molecular weight excluding hydrogens is 352 g/mol. The first-order valence-corrected chi connectivity index (χ1v) is 7.55. The number of carbonyl (C=O) groups excluding carboxylic acids is 2. The van der Waals surface area contributed by atoms with Gasteiger partial charge in [0.15, 0.2) is 0 Å². The van der Waals surface area contributed by atoms with E-state index in [1.807, 2.05) is 0 Å². The summed E-state index contributed by atoms with van der Waals surface area (Å²) in [4.78, 5) is 25.7. The summed E-state index contributed by atoms with van der Waals surface area (Å²) < 4.78 is 36.0. The zero-order valence-corrected chi connectivity index (χ0v) is 15.1. The molecule has 0 spiro atoms. The minimum atomic E-state index is -4.08. The van der Waals surface area contributed by atoms with E-state index in [0.29, 0.717) is 6.07 Å². The van der Waals surface area contributed by atoms with Crippen molar-refractivity contribution in [2.75, 3.05) is 5.32 Å². The van der Waals surface area contributed by atoms with Crippen molar-refractivity contribution in [3.8, 4) is 0 Å². The number of sulfonamides is 1. The molecule has 0 saturated carbocycles. The molecule has 0 atom stereocenters. The number of anilines is 1. The van der Waals surface area contributed by atoms with Crippen molar-refractivity contribution in [3.05, 3.63) is 53.6 Å². The van der Waals surface area contributed by atoms with Crippen molar-refractivity contribution in [2.24, 2.45) is 5.14 Å². The average Bonchev–Trinajstić information content (AvgIpc) is 2.48. The topological polar surface area (TPSA) is 142 Å². The first-order chi connectivity index (χ1) is 10.7. The minimum Gasteiger partial charge on any atom is -0.543 e. The Morgan fingerprint density at radius 1 is 1.17 bits per heavy atom. The van der Waals surface area contributed by atoms with E-state index < -0.39 is 38.3 Å². The molecule has 0 aliphatic carbocycles. The largest absolute Gasteiger partial charge is 1.00 e. The summed E-state index contributed by atoms with van der Waals surface area (Å²) in [5.41, 5.74) is -1.05. The molecule has 8 nitrogen and oxygen atoms in total. The quantitative estimate of drug-likeness (QED) is 0.541. The summed E-state index contributed by atoms with van der Waals surface area (Å²) in [5, 5.41) is 17.7. The maximum atomic E-state index is 13.8. The van der Waals surface area contributed by atoms with E-state index >= 15 is 0 Å². The summed E-state index contributed by atoms with van der Waals surface area (Å²) in [5.74, 6) is -3.47. The van der Waals surface area contributed by atoms with Gasteiger partial charge in [-0.2, -0.15) is 0 Å². The van der Waals surface area contributed by atoms with Crippen molar-refractivity contribution in [3.63, 3.8) is 0 Å². The van der Waals surface area contributed by atoms with E-state index in [1.165, 1.54) is 12.1 Å². The van der Waals surface area contributed by atoms with E-state index in [9.17, 15) is 27.5 Å². The first kappa shape index (κ1) is 20.2. The molecule has 2 rings (SSSR count). The minimum absolute atomic E-state index is 0. The number of halogens is 1. The second kappa shape index (κ2) is 7.81. The van der Waals surface area contributed by atoms with Gasteiger partial charge in [-0.15, -0.1) is 0 Å². The number of carbonyl (C=O) groups is 2. The number of amides is 1. The van der Waals surface area contributed by atoms with Crippen LogP contribution in [-0.4, -0.2) is 25.3 Å². The third-order valence-corrected chi connectivity index (χ3v) is 3.62. The molecule has 0 aliphatic rings. The molecule has 11 heteroatoms. The van der Waals surface area contributed by atoms with Crippen molar-refractivity contribution in [1.82, 2.24) is 4.98 Å². The summed E-state index contributed by atoms with van der Waals surface area (Å²) in [7, 11) is -4.08. The molecule has 0 aliphatic heterocycles. The maximum Gasteiger partial charge on any atom is 1.00 e. The molecule has 1 amide bonds. The Balaban J connectivity index is 0.00000288. The zero-order chi connectivity index (χ0) is 17.2. The number of nitrogens with two attached hydrogens (primary N) is 1. The smallest absolute Gasteiger partial charge is 0.543 e. The van der Waals surface area contributed by atoms with E-state index in [4.69, 9.17) is 5.14 Å². The van der Waals surface area contributed by atoms with Gasteiger partial charge in [-0.3, -0.25) is 4.79 Å². The van der Waals surface area contributed by atoms with E-state index in [-0.39, 0.29) is 40.9 Å². The van der Waals surface area contributed by atoms with Crippen LogP contribution in [0.4, 0.5) is 10.1 Å². The Morgan fingerprint density at radius 2 is 1.79 bits per heavy atom. The van der Waals surface area contributed by atoms with Crippen molar-refractivity contribution >= 4 is 27.6 Å². The Hall–Kier alpha value is -1.85. The van der Waals surface area contributed by atoms with Crippen LogP contribution < -0.4 is 45.1 Å². The number of aromatic carboxylic acids is 1. The summed E-state index contributed by atoms with van der Waals surface area (Å²) >= 11 is 0. The number of rotatable bonds is 4. The molecule has 120 valence electrons. The van der Waals surface area contributed by atoms with Crippen LogP contribution in [0.2, 0.25) is 0 Å². The fourth-order valence-electron chi connectivity index (χ4n) is 1.64. The van der Waals surface area contributed by atoms with Gasteiger partial charge in [-0.05, 0) is 30.3 Å². The first-order valence-electron chi connectivity index (χ1n) is 6.00. The van der Waals surface area contributed by atoms with Gasteiger partial charge in [0.1, 0.15) is 11.5 Å². The van der Waals surface area contributed by atoms with Crippen molar-refractivity contribution in [2.45, 2.75) is 4.90 Å². The van der Waals surface area contributed by atoms with Crippen LogP contribution in [0.25, 0.3) is 0 Å². The zero-order valence-electron chi connectivity index (χ0n) is 12.3. The van der Waals surface area contributed by atoms with Gasteiger partial charge in [-0.25, -0.2) is 22.9 Å². The van der Waals surface area contributed by atoms with Gasteiger partial charge in [-0.1, -0.05) is 6.07 Å². The molecule has 0 fully saturated rings. The number of primary sulfonamides is 1. The molecule has 1 heterocycles. The molecule has 0 bridgehead atoms. The molecule has 1 aromatic heterocycles. The van der Waals surface area contributed by atoms with Crippen LogP contribution in [0, 0.1) is 5.82 Å². The van der Waals surface area contributed by atoms with Crippen molar-refractivity contribution < 1.29 is 57.1 Å². The number of hydrogen-bond donors (Lipinski definition) is 2. The average molecular weight is 361 g/mol. The van der Waals surface area contributed by atoms with E-state index in [2.05, 4.69) is 10.3 Å². The SMILES string of the molecule is NS(=O)(=O)c1ccc(NC(=O)c2cccc(C(=O)[O-])n2)c(F)c1.[Na+].